The first kappa shape index (κ1) is 99.5. The van der Waals surface area contributed by atoms with Crippen LogP contribution in [0.4, 0.5) is 0 Å². The summed E-state index contributed by atoms with van der Waals surface area (Å²) in [6.07, 6.45) is 0. The van der Waals surface area contributed by atoms with E-state index < -0.39 is 0 Å². The molecular weight excluding hydrogens is 1210 g/mol. The predicted octanol–water partition coefficient (Wildman–Crippen LogP) is 32.8. The van der Waals surface area contributed by atoms with Crippen LogP contribution < -0.4 is 14.2 Å². The van der Waals surface area contributed by atoms with Gasteiger partial charge < -0.3 is 14.2 Å². The maximum Gasteiger partial charge on any atom is 0.127 e. The second-order valence-corrected chi connectivity index (χ2v) is 20.2. The summed E-state index contributed by atoms with van der Waals surface area (Å²) in [5.41, 5.74) is 20.4. The standard InChI is InChI=1S/C20H18O2.C20H18.C14H14O.C14H14.C8H10.10C2H6.CH4/c1-15-3-7-17(8-4-15)21-19-11-13-20(14-12-19)22-18-9-5-16(2)6-10-18;1-15-3-7-17(8-4-15)19-11-13-20(14-12-19)18-9-5-16(2)6-10-18;1-11-3-7-13(8-4-11)15-14-9-5-12(2)6-10-14;1-11-3-7-13(8-4-11)14-9-5-12(2)6-10-14;1-7-3-5-8(2)6-4-7;10*1-2;/h3-14H,1-2H3;3-14H,1-2H3;3-10H,1-2H3;3-10H,1-2H3;3-6H,1-2H3;10*1-2H3;1H4. The maximum atomic E-state index is 5.80. The van der Waals surface area contributed by atoms with E-state index in [-0.39, 0.29) is 7.43 Å². The van der Waals surface area contributed by atoms with Crippen LogP contribution in [0.5, 0.6) is 34.5 Å². The molecule has 3 nitrogen and oxygen atoms in total. The monoisotopic (exact) mass is 1350 g/mol. The molecule has 11 aromatic carbocycles. The highest BCUT2D eigenvalue weighted by atomic mass is 16.5. The lowest BCUT2D eigenvalue weighted by molar-refractivity contribution is 0.469. The number of aryl methyl sites for hydroxylation is 10. The molecule has 0 aliphatic carbocycles. The highest BCUT2D eigenvalue weighted by molar-refractivity contribution is 5.71. The van der Waals surface area contributed by atoms with E-state index in [0.29, 0.717) is 0 Å². The molecule has 544 valence electrons. The Hall–Kier alpha value is -9.18. The Morgan fingerprint density at radius 3 is 0.300 bits per heavy atom. The Bertz CT molecular complexity index is 3250. The highest BCUT2D eigenvalue weighted by Crippen LogP contribution is 2.29. The smallest absolute Gasteiger partial charge is 0.127 e. The van der Waals surface area contributed by atoms with Crippen LogP contribution in [-0.2, 0) is 0 Å². The van der Waals surface area contributed by atoms with Gasteiger partial charge >= 0.3 is 0 Å². The van der Waals surface area contributed by atoms with Gasteiger partial charge in [-0.2, -0.15) is 0 Å². The summed E-state index contributed by atoms with van der Waals surface area (Å²) in [6, 6.07) is 91.6. The lowest BCUT2D eigenvalue weighted by Crippen LogP contribution is -1.86. The van der Waals surface area contributed by atoms with Crippen molar-refractivity contribution >= 4 is 0 Å². The van der Waals surface area contributed by atoms with Crippen LogP contribution in [0.25, 0.3) is 33.4 Å². The molecule has 0 fully saturated rings. The van der Waals surface area contributed by atoms with Gasteiger partial charge in [0.05, 0.1) is 0 Å². The van der Waals surface area contributed by atoms with Gasteiger partial charge in [-0.15, -0.1) is 0 Å². The average molecular weight is 1350 g/mol. The zero-order valence-electron chi connectivity index (χ0n) is 67.6. The Labute approximate surface area is 616 Å². The van der Waals surface area contributed by atoms with Crippen LogP contribution >= 0.6 is 0 Å². The van der Waals surface area contributed by atoms with Crippen LogP contribution in [0.15, 0.2) is 267 Å². The predicted molar refractivity (Wildman–Crippen MR) is 456 cm³/mol. The lowest BCUT2D eigenvalue weighted by atomic mass is 9.99. The molecule has 0 saturated carbocycles. The highest BCUT2D eigenvalue weighted by Gasteiger charge is 2.03. The molecule has 0 amide bonds. The van der Waals surface area contributed by atoms with Crippen LogP contribution in [0.1, 0.15) is 202 Å². The first-order valence-electron chi connectivity index (χ1n) is 37.0. The minimum absolute atomic E-state index is 0. The summed E-state index contributed by atoms with van der Waals surface area (Å²) in [7, 11) is 0. The van der Waals surface area contributed by atoms with E-state index in [4.69, 9.17) is 14.2 Å². The van der Waals surface area contributed by atoms with Crippen LogP contribution in [0, 0.1) is 69.2 Å². The molecule has 11 aromatic rings. The van der Waals surface area contributed by atoms with Gasteiger partial charge in [0.15, 0.2) is 0 Å². The van der Waals surface area contributed by atoms with Crippen molar-refractivity contribution in [3.63, 3.8) is 0 Å². The van der Waals surface area contributed by atoms with Gasteiger partial charge in [-0.05, 0) is 175 Å². The number of benzene rings is 11. The largest absolute Gasteiger partial charge is 0.457 e. The van der Waals surface area contributed by atoms with E-state index in [9.17, 15) is 0 Å². The van der Waals surface area contributed by atoms with Crippen molar-refractivity contribution in [3.05, 3.63) is 323 Å². The number of hydrogen-bond acceptors (Lipinski definition) is 3. The quantitative estimate of drug-likeness (QED) is 0.144. The van der Waals surface area contributed by atoms with Crippen LogP contribution in [0.3, 0.4) is 0 Å². The fourth-order valence-electron chi connectivity index (χ4n) is 7.89. The van der Waals surface area contributed by atoms with Gasteiger partial charge in [0, 0.05) is 0 Å². The first-order valence-corrected chi connectivity index (χ1v) is 37.0. The molecule has 0 aliphatic rings. The van der Waals surface area contributed by atoms with E-state index in [1.807, 2.05) is 260 Å². The minimum Gasteiger partial charge on any atom is -0.457 e. The number of rotatable bonds is 9. The van der Waals surface area contributed by atoms with Crippen molar-refractivity contribution in [1.82, 2.24) is 0 Å². The molecule has 100 heavy (non-hydrogen) atoms. The van der Waals surface area contributed by atoms with Gasteiger partial charge in [0.2, 0.25) is 0 Å². The molecular formula is C97H138O3. The molecule has 3 heteroatoms. The van der Waals surface area contributed by atoms with Gasteiger partial charge in [0.25, 0.3) is 0 Å². The van der Waals surface area contributed by atoms with Crippen molar-refractivity contribution < 1.29 is 14.2 Å². The molecule has 0 aromatic heterocycles. The molecule has 0 heterocycles. The lowest BCUT2D eigenvalue weighted by Gasteiger charge is -2.08. The Balaban J connectivity index is -0.000000359. The molecule has 0 N–H and O–H groups in total. The van der Waals surface area contributed by atoms with Crippen molar-refractivity contribution in [2.75, 3.05) is 0 Å². The van der Waals surface area contributed by atoms with Gasteiger partial charge in [0.1, 0.15) is 34.5 Å². The van der Waals surface area contributed by atoms with Crippen molar-refractivity contribution in [2.24, 2.45) is 0 Å². The molecule has 0 aliphatic heterocycles. The summed E-state index contributed by atoms with van der Waals surface area (Å²) in [5, 5.41) is 0. The molecule has 0 spiro atoms. The van der Waals surface area contributed by atoms with E-state index in [2.05, 4.69) is 215 Å². The topological polar surface area (TPSA) is 27.7 Å². The molecule has 0 bridgehead atoms. The third-order valence-electron chi connectivity index (χ3n) is 12.9. The van der Waals surface area contributed by atoms with E-state index in [1.165, 1.54) is 89.0 Å². The summed E-state index contributed by atoms with van der Waals surface area (Å²) in [5.74, 6) is 5.00. The SMILES string of the molecule is C.CC.CC.CC.CC.CC.CC.CC.CC.CC.CC.Cc1ccc(-c2ccc(-c3ccc(C)cc3)cc2)cc1.Cc1ccc(-c2ccc(C)cc2)cc1.Cc1ccc(C)cc1.Cc1ccc(Oc2ccc(C)cc2)cc1.Cc1ccc(Oc2ccc(Oc3ccc(C)cc3)cc2)cc1. The normalized spacial score (nSPS) is 8.62. The van der Waals surface area contributed by atoms with Crippen molar-refractivity contribution in [2.45, 2.75) is 215 Å². The van der Waals surface area contributed by atoms with Crippen LogP contribution in [0.2, 0.25) is 0 Å². The second-order valence-electron chi connectivity index (χ2n) is 20.2. The molecule has 0 radical (unpaired) electrons. The summed E-state index contributed by atoms with van der Waals surface area (Å²) in [4.78, 5) is 0. The third kappa shape index (κ3) is 44.0. The Morgan fingerprint density at radius 1 is 0.120 bits per heavy atom. The summed E-state index contributed by atoms with van der Waals surface area (Å²) >= 11 is 0. The molecule has 11 rings (SSSR count). The Morgan fingerprint density at radius 2 is 0.190 bits per heavy atom. The number of hydrogen-bond donors (Lipinski definition) is 0. The van der Waals surface area contributed by atoms with Crippen molar-refractivity contribution in [1.29, 1.82) is 0 Å². The van der Waals surface area contributed by atoms with Gasteiger partial charge in [-0.3, -0.25) is 0 Å². The minimum atomic E-state index is 0. The van der Waals surface area contributed by atoms with Gasteiger partial charge in [-0.25, -0.2) is 0 Å². The van der Waals surface area contributed by atoms with Gasteiger partial charge in [-0.1, -0.05) is 396 Å². The first-order chi connectivity index (χ1) is 48.2. The van der Waals surface area contributed by atoms with E-state index >= 15 is 0 Å². The fourth-order valence-corrected chi connectivity index (χ4v) is 7.89. The summed E-state index contributed by atoms with van der Waals surface area (Å²) < 4.78 is 17.3. The molecule has 0 saturated heterocycles. The summed E-state index contributed by atoms with van der Waals surface area (Å²) in [6.45, 7) is 60.9. The maximum absolute atomic E-state index is 5.80. The van der Waals surface area contributed by atoms with E-state index in [0.717, 1.165) is 34.5 Å². The Kier molecular flexibility index (Phi) is 65.4. The van der Waals surface area contributed by atoms with Crippen molar-refractivity contribution in [3.8, 4) is 67.9 Å². The van der Waals surface area contributed by atoms with Crippen LogP contribution in [-0.4, -0.2) is 0 Å². The third-order valence-corrected chi connectivity index (χ3v) is 12.9. The second kappa shape index (κ2) is 65.7. The zero-order valence-corrected chi connectivity index (χ0v) is 67.6. The molecule has 0 atom stereocenters. The molecule has 0 unspecified atom stereocenters. The van der Waals surface area contributed by atoms with E-state index in [1.54, 1.807) is 0 Å². The average Bonchev–Trinajstić information content (AvgIpc) is 0.851. The number of ether oxygens (including phenoxy) is 3. The fraction of sp³-hybridized carbons (Fsp3) is 0.320. The zero-order chi connectivity index (χ0) is 75.9.